The normalized spacial score (nSPS) is 13.7. The summed E-state index contributed by atoms with van der Waals surface area (Å²) in [5, 5.41) is 8.07. The number of carbonyl (C=O) groups excluding carboxylic acids is 2. The van der Waals surface area contributed by atoms with Crippen LogP contribution in [-0.2, 0) is 4.79 Å². The maximum absolute atomic E-state index is 13.4. The fraction of sp³-hybridized carbons (Fsp3) is 0.250. The van der Waals surface area contributed by atoms with Crippen molar-refractivity contribution < 1.29 is 19.1 Å². The number of fused-ring (bicyclic) bond motifs is 1. The van der Waals surface area contributed by atoms with Gasteiger partial charge < -0.3 is 14.8 Å². The lowest BCUT2D eigenvalue weighted by molar-refractivity contribution is -0.119. The largest absolute Gasteiger partial charge is 0.497 e. The topological polar surface area (TPSA) is 102 Å². The van der Waals surface area contributed by atoms with Gasteiger partial charge in [0.15, 0.2) is 0 Å². The third-order valence-electron chi connectivity index (χ3n) is 7.26. The van der Waals surface area contributed by atoms with Gasteiger partial charge in [-0.25, -0.2) is 10.4 Å². The standard InChI is InChI=1S/C32H32N4O4/c1-20(21-12-14-23(15-13-21)33-31(37)22-8-4-5-9-22)35-36-32(38)26-19-29(34-28-11-7-6-10-25(26)28)27-18-24(39-2)16-17-30(27)40-3/h6-7,10-19,22H,4-5,8-9H2,1-3H3,(H,33,37)(H,36,38). The van der Waals surface area contributed by atoms with E-state index in [1.807, 2.05) is 73.7 Å². The third kappa shape index (κ3) is 5.81. The van der Waals surface area contributed by atoms with E-state index in [4.69, 9.17) is 14.5 Å². The lowest BCUT2D eigenvalue weighted by Gasteiger charge is -2.13. The number of benzene rings is 3. The summed E-state index contributed by atoms with van der Waals surface area (Å²) in [6, 6.07) is 22.1. The molecule has 40 heavy (non-hydrogen) atoms. The van der Waals surface area contributed by atoms with Crippen LogP contribution >= 0.6 is 0 Å². The number of anilines is 1. The summed E-state index contributed by atoms with van der Waals surface area (Å²) in [5.41, 5.74) is 7.32. The van der Waals surface area contributed by atoms with E-state index in [-0.39, 0.29) is 17.7 Å². The minimum Gasteiger partial charge on any atom is -0.497 e. The van der Waals surface area contributed by atoms with Gasteiger partial charge in [0.05, 0.1) is 36.7 Å². The van der Waals surface area contributed by atoms with Gasteiger partial charge in [0, 0.05) is 22.6 Å². The van der Waals surface area contributed by atoms with Crippen LogP contribution in [0.25, 0.3) is 22.2 Å². The molecule has 1 fully saturated rings. The number of nitrogens with one attached hydrogen (secondary N) is 2. The number of ether oxygens (including phenoxy) is 2. The van der Waals surface area contributed by atoms with E-state index in [1.165, 1.54) is 0 Å². The molecule has 4 aromatic rings. The summed E-state index contributed by atoms with van der Waals surface area (Å²) in [7, 11) is 3.19. The van der Waals surface area contributed by atoms with Crippen molar-refractivity contribution in [1.82, 2.24) is 10.4 Å². The van der Waals surface area contributed by atoms with Crippen molar-refractivity contribution in [2.45, 2.75) is 32.6 Å². The zero-order valence-corrected chi connectivity index (χ0v) is 22.9. The number of aromatic nitrogens is 1. The molecule has 2 amide bonds. The van der Waals surface area contributed by atoms with Gasteiger partial charge in [0.1, 0.15) is 11.5 Å². The summed E-state index contributed by atoms with van der Waals surface area (Å²) in [6.45, 7) is 1.82. The predicted molar refractivity (Wildman–Crippen MR) is 157 cm³/mol. The Morgan fingerprint density at radius 2 is 1.68 bits per heavy atom. The van der Waals surface area contributed by atoms with Crippen LogP contribution in [0.5, 0.6) is 11.5 Å². The van der Waals surface area contributed by atoms with Crippen molar-refractivity contribution in [2.24, 2.45) is 11.0 Å². The number of hydrazone groups is 1. The molecule has 1 saturated carbocycles. The first-order valence-electron chi connectivity index (χ1n) is 13.3. The van der Waals surface area contributed by atoms with Crippen molar-refractivity contribution in [3.05, 3.63) is 83.9 Å². The van der Waals surface area contributed by atoms with Gasteiger partial charge in [-0.15, -0.1) is 0 Å². The smallest absolute Gasteiger partial charge is 0.272 e. The minimum atomic E-state index is -0.360. The molecule has 1 aliphatic rings. The first kappa shape index (κ1) is 26.9. The highest BCUT2D eigenvalue weighted by Gasteiger charge is 2.22. The maximum atomic E-state index is 13.4. The fourth-order valence-electron chi connectivity index (χ4n) is 5.00. The molecule has 5 rings (SSSR count). The van der Waals surface area contributed by atoms with Crippen LogP contribution in [0.2, 0.25) is 0 Å². The van der Waals surface area contributed by atoms with E-state index < -0.39 is 0 Å². The third-order valence-corrected chi connectivity index (χ3v) is 7.26. The van der Waals surface area contributed by atoms with Gasteiger partial charge in [0.2, 0.25) is 5.91 Å². The average Bonchev–Trinajstić information content (AvgIpc) is 3.54. The second-order valence-corrected chi connectivity index (χ2v) is 9.82. The number of pyridine rings is 1. The van der Waals surface area contributed by atoms with Gasteiger partial charge in [-0.1, -0.05) is 43.2 Å². The van der Waals surface area contributed by atoms with E-state index >= 15 is 0 Å². The summed E-state index contributed by atoms with van der Waals surface area (Å²) >= 11 is 0. The lowest BCUT2D eigenvalue weighted by Crippen LogP contribution is -2.20. The lowest BCUT2D eigenvalue weighted by atomic mass is 10.0. The highest BCUT2D eigenvalue weighted by atomic mass is 16.5. The number of hydrogen-bond acceptors (Lipinski definition) is 6. The Labute approximate surface area is 233 Å². The van der Waals surface area contributed by atoms with Crippen molar-refractivity contribution in [3.63, 3.8) is 0 Å². The number of amides is 2. The summed E-state index contributed by atoms with van der Waals surface area (Å²) < 4.78 is 11.0. The van der Waals surface area contributed by atoms with Gasteiger partial charge in [-0.2, -0.15) is 5.10 Å². The number of rotatable bonds is 8. The Hall–Kier alpha value is -4.72. The molecule has 0 bridgehead atoms. The molecule has 1 aromatic heterocycles. The Morgan fingerprint density at radius 1 is 0.925 bits per heavy atom. The van der Waals surface area contributed by atoms with Crippen LogP contribution in [0.15, 0.2) is 77.9 Å². The second kappa shape index (κ2) is 12.0. The first-order chi connectivity index (χ1) is 19.5. The molecule has 0 aliphatic heterocycles. The van der Waals surface area contributed by atoms with Crippen LogP contribution < -0.4 is 20.2 Å². The molecular weight excluding hydrogens is 504 g/mol. The Morgan fingerprint density at radius 3 is 2.40 bits per heavy atom. The second-order valence-electron chi connectivity index (χ2n) is 9.82. The first-order valence-corrected chi connectivity index (χ1v) is 13.3. The molecule has 1 aliphatic carbocycles. The minimum absolute atomic E-state index is 0.0819. The molecule has 0 atom stereocenters. The van der Waals surface area contributed by atoms with Crippen molar-refractivity contribution in [1.29, 1.82) is 0 Å². The molecule has 2 N–H and O–H groups in total. The predicted octanol–water partition coefficient (Wildman–Crippen LogP) is 6.20. The summed E-state index contributed by atoms with van der Waals surface area (Å²) in [4.78, 5) is 30.6. The summed E-state index contributed by atoms with van der Waals surface area (Å²) in [5.74, 6) is 1.10. The molecule has 1 heterocycles. The number of para-hydroxylation sites is 1. The fourth-order valence-corrected chi connectivity index (χ4v) is 5.00. The molecule has 3 aromatic carbocycles. The van der Waals surface area contributed by atoms with Crippen LogP contribution in [-0.4, -0.2) is 36.7 Å². The van der Waals surface area contributed by atoms with E-state index in [9.17, 15) is 9.59 Å². The SMILES string of the molecule is COc1ccc(OC)c(-c2cc(C(=O)NN=C(C)c3ccc(NC(=O)C4CCCC4)cc3)c3ccccc3n2)c1. The van der Waals surface area contributed by atoms with Crippen molar-refractivity contribution in [3.8, 4) is 22.8 Å². The van der Waals surface area contributed by atoms with Crippen LogP contribution in [0.1, 0.15) is 48.5 Å². The molecule has 8 nitrogen and oxygen atoms in total. The molecule has 0 radical (unpaired) electrons. The Kier molecular flexibility index (Phi) is 8.05. The van der Waals surface area contributed by atoms with E-state index in [2.05, 4.69) is 15.8 Å². The summed E-state index contributed by atoms with van der Waals surface area (Å²) in [6.07, 6.45) is 4.14. The zero-order valence-electron chi connectivity index (χ0n) is 22.9. The van der Waals surface area contributed by atoms with E-state index in [0.717, 1.165) is 36.9 Å². The zero-order chi connectivity index (χ0) is 28.1. The molecule has 0 unspecified atom stereocenters. The Bertz CT molecular complexity index is 1570. The Balaban J connectivity index is 1.37. The van der Waals surface area contributed by atoms with Crippen LogP contribution in [0.4, 0.5) is 5.69 Å². The molecule has 204 valence electrons. The van der Waals surface area contributed by atoms with E-state index in [1.54, 1.807) is 20.3 Å². The highest BCUT2D eigenvalue weighted by Crippen LogP contribution is 2.34. The van der Waals surface area contributed by atoms with Gasteiger partial charge in [-0.3, -0.25) is 9.59 Å². The molecule has 0 spiro atoms. The number of carbonyl (C=O) groups is 2. The van der Waals surface area contributed by atoms with Gasteiger partial charge in [-0.05, 0) is 67.8 Å². The monoisotopic (exact) mass is 536 g/mol. The average molecular weight is 537 g/mol. The molecular formula is C32H32N4O4. The highest BCUT2D eigenvalue weighted by molar-refractivity contribution is 6.08. The quantitative estimate of drug-likeness (QED) is 0.206. The van der Waals surface area contributed by atoms with Crippen molar-refractivity contribution in [2.75, 3.05) is 19.5 Å². The van der Waals surface area contributed by atoms with E-state index in [0.29, 0.717) is 44.9 Å². The molecule has 0 saturated heterocycles. The molecule has 8 heteroatoms. The number of methoxy groups -OCH3 is 2. The number of hydrogen-bond donors (Lipinski definition) is 2. The van der Waals surface area contributed by atoms with Gasteiger partial charge >= 0.3 is 0 Å². The van der Waals surface area contributed by atoms with Crippen LogP contribution in [0.3, 0.4) is 0 Å². The maximum Gasteiger partial charge on any atom is 0.272 e. The van der Waals surface area contributed by atoms with Crippen molar-refractivity contribution >= 4 is 34.1 Å². The van der Waals surface area contributed by atoms with Crippen LogP contribution in [0, 0.1) is 5.92 Å². The number of nitrogens with zero attached hydrogens (tertiary/aromatic N) is 2. The van der Waals surface area contributed by atoms with Gasteiger partial charge in [0.25, 0.3) is 5.91 Å².